The molecule has 0 saturated heterocycles. The number of methoxy groups -OCH3 is 1. The van der Waals surface area contributed by atoms with Gasteiger partial charge in [-0.25, -0.2) is 4.39 Å². The number of hydrogen-bond donors (Lipinski definition) is 1. The van der Waals surface area contributed by atoms with Crippen molar-refractivity contribution in [2.75, 3.05) is 13.7 Å². The molecule has 1 unspecified atom stereocenters. The minimum atomic E-state index is -0.251. The van der Waals surface area contributed by atoms with E-state index in [1.165, 1.54) is 13.2 Å². The monoisotopic (exact) mass is 291 g/mol. The maximum Gasteiger partial charge on any atom is 0.131 e. The molecule has 2 aromatic rings. The molecule has 0 aliphatic rings. The number of hydrogen-bond acceptors (Lipinski definition) is 3. The van der Waals surface area contributed by atoms with Crippen LogP contribution in [-0.2, 0) is 13.5 Å². The molecule has 5 heteroatoms. The Balaban J connectivity index is 2.22. The van der Waals surface area contributed by atoms with Crippen LogP contribution < -0.4 is 10.1 Å². The lowest BCUT2D eigenvalue weighted by Crippen LogP contribution is -2.25. The number of rotatable bonds is 7. The third-order valence-electron chi connectivity index (χ3n) is 3.41. The van der Waals surface area contributed by atoms with Gasteiger partial charge in [-0.1, -0.05) is 13.0 Å². The fourth-order valence-corrected chi connectivity index (χ4v) is 2.31. The number of ether oxygens (including phenoxy) is 1. The molecule has 2 rings (SSSR count). The normalized spacial score (nSPS) is 12.4. The van der Waals surface area contributed by atoms with E-state index in [4.69, 9.17) is 4.74 Å². The van der Waals surface area contributed by atoms with E-state index in [1.54, 1.807) is 16.8 Å². The number of nitrogens with zero attached hydrogens (tertiary/aromatic N) is 2. The molecule has 1 aromatic carbocycles. The second-order valence-corrected chi connectivity index (χ2v) is 5.08. The first-order chi connectivity index (χ1) is 10.1. The van der Waals surface area contributed by atoms with E-state index in [9.17, 15) is 4.39 Å². The molecular formula is C16H22FN3O. The molecule has 0 aliphatic carbocycles. The topological polar surface area (TPSA) is 39.1 Å². The first-order valence-corrected chi connectivity index (χ1v) is 7.19. The van der Waals surface area contributed by atoms with Crippen LogP contribution in [0.1, 0.15) is 30.6 Å². The third kappa shape index (κ3) is 4.04. The van der Waals surface area contributed by atoms with Crippen molar-refractivity contribution in [2.24, 2.45) is 7.05 Å². The van der Waals surface area contributed by atoms with Crippen molar-refractivity contribution in [3.63, 3.8) is 0 Å². The first kappa shape index (κ1) is 15.5. The third-order valence-corrected chi connectivity index (χ3v) is 3.41. The quantitative estimate of drug-likeness (QED) is 0.852. The maximum absolute atomic E-state index is 14.3. The predicted molar refractivity (Wildman–Crippen MR) is 80.9 cm³/mol. The highest BCUT2D eigenvalue weighted by atomic mass is 19.1. The number of benzene rings is 1. The van der Waals surface area contributed by atoms with Crippen molar-refractivity contribution >= 4 is 0 Å². The molecule has 1 atom stereocenters. The summed E-state index contributed by atoms with van der Waals surface area (Å²) < 4.78 is 21.1. The number of aryl methyl sites for hydroxylation is 1. The van der Waals surface area contributed by atoms with Gasteiger partial charge in [0.15, 0.2) is 0 Å². The van der Waals surface area contributed by atoms with E-state index in [-0.39, 0.29) is 11.9 Å². The Labute approximate surface area is 124 Å². The molecule has 0 radical (unpaired) electrons. The summed E-state index contributed by atoms with van der Waals surface area (Å²) in [4.78, 5) is 0. The molecule has 1 heterocycles. The summed E-state index contributed by atoms with van der Waals surface area (Å²) in [6, 6.07) is 6.86. The van der Waals surface area contributed by atoms with E-state index in [0.29, 0.717) is 17.7 Å². The standard InChI is InChI=1S/C16H22FN3O/c1-4-8-18-16(10-12-7-9-20(2)19-12)14-6-5-13(21-3)11-15(14)17/h5-7,9,11,16,18H,4,8,10H2,1-3H3. The molecule has 0 spiro atoms. The Hall–Kier alpha value is -1.88. The van der Waals surface area contributed by atoms with E-state index >= 15 is 0 Å². The first-order valence-electron chi connectivity index (χ1n) is 7.19. The summed E-state index contributed by atoms with van der Waals surface area (Å²) in [5.74, 6) is 0.280. The van der Waals surface area contributed by atoms with Crippen LogP contribution in [0.15, 0.2) is 30.5 Å². The number of nitrogens with one attached hydrogen (secondary N) is 1. The minimum absolute atomic E-state index is 0.0919. The average molecular weight is 291 g/mol. The van der Waals surface area contributed by atoms with Crippen LogP contribution in [0, 0.1) is 5.82 Å². The van der Waals surface area contributed by atoms with Gasteiger partial charge in [-0.3, -0.25) is 4.68 Å². The molecule has 0 bridgehead atoms. The maximum atomic E-state index is 14.3. The van der Waals surface area contributed by atoms with Crippen molar-refractivity contribution in [3.8, 4) is 5.75 Å². The van der Waals surface area contributed by atoms with E-state index in [0.717, 1.165) is 18.7 Å². The summed E-state index contributed by atoms with van der Waals surface area (Å²) in [5.41, 5.74) is 1.59. The van der Waals surface area contributed by atoms with Crippen LogP contribution in [0.4, 0.5) is 4.39 Å². The van der Waals surface area contributed by atoms with Crippen molar-refractivity contribution in [2.45, 2.75) is 25.8 Å². The molecule has 1 aromatic heterocycles. The van der Waals surface area contributed by atoms with Gasteiger partial charge in [0.05, 0.1) is 12.8 Å². The number of halogens is 1. The summed E-state index contributed by atoms with van der Waals surface area (Å²) in [7, 11) is 3.42. The summed E-state index contributed by atoms with van der Waals surface area (Å²) in [5, 5.41) is 7.77. The fourth-order valence-electron chi connectivity index (χ4n) is 2.31. The van der Waals surface area contributed by atoms with Crippen LogP contribution in [0.25, 0.3) is 0 Å². The SMILES string of the molecule is CCCNC(Cc1ccn(C)n1)c1ccc(OC)cc1F. The minimum Gasteiger partial charge on any atom is -0.497 e. The van der Waals surface area contributed by atoms with Gasteiger partial charge in [0, 0.05) is 37.3 Å². The highest BCUT2D eigenvalue weighted by Crippen LogP contribution is 2.24. The molecule has 0 amide bonds. The van der Waals surface area contributed by atoms with Crippen LogP contribution in [0.5, 0.6) is 5.75 Å². The van der Waals surface area contributed by atoms with Gasteiger partial charge < -0.3 is 10.1 Å². The molecule has 0 saturated carbocycles. The molecule has 21 heavy (non-hydrogen) atoms. The van der Waals surface area contributed by atoms with Crippen molar-refractivity contribution in [1.29, 1.82) is 0 Å². The zero-order chi connectivity index (χ0) is 15.2. The second kappa shape index (κ2) is 7.22. The predicted octanol–water partition coefficient (Wildman–Crippen LogP) is 2.85. The highest BCUT2D eigenvalue weighted by Gasteiger charge is 2.17. The molecular weight excluding hydrogens is 269 g/mol. The van der Waals surface area contributed by atoms with Gasteiger partial charge in [-0.15, -0.1) is 0 Å². The Morgan fingerprint density at radius 1 is 1.38 bits per heavy atom. The van der Waals surface area contributed by atoms with E-state index in [2.05, 4.69) is 17.3 Å². The van der Waals surface area contributed by atoms with Crippen LogP contribution in [-0.4, -0.2) is 23.4 Å². The van der Waals surface area contributed by atoms with Crippen LogP contribution in [0.3, 0.4) is 0 Å². The lowest BCUT2D eigenvalue weighted by atomic mass is 10.0. The van der Waals surface area contributed by atoms with Crippen molar-refractivity contribution < 1.29 is 9.13 Å². The van der Waals surface area contributed by atoms with Crippen LogP contribution >= 0.6 is 0 Å². The average Bonchev–Trinajstić information content (AvgIpc) is 2.88. The molecule has 114 valence electrons. The zero-order valence-electron chi connectivity index (χ0n) is 12.8. The van der Waals surface area contributed by atoms with E-state index in [1.807, 2.05) is 19.3 Å². The Morgan fingerprint density at radius 2 is 2.19 bits per heavy atom. The smallest absolute Gasteiger partial charge is 0.131 e. The van der Waals surface area contributed by atoms with Gasteiger partial charge in [-0.2, -0.15) is 5.10 Å². The molecule has 0 aliphatic heterocycles. The zero-order valence-corrected chi connectivity index (χ0v) is 12.8. The summed E-state index contributed by atoms with van der Waals surface area (Å²) in [6.07, 6.45) is 3.55. The van der Waals surface area contributed by atoms with Gasteiger partial charge in [0.1, 0.15) is 11.6 Å². The van der Waals surface area contributed by atoms with E-state index < -0.39 is 0 Å². The lowest BCUT2D eigenvalue weighted by molar-refractivity contribution is 0.408. The molecule has 0 fully saturated rings. The van der Waals surface area contributed by atoms with Gasteiger partial charge in [0.2, 0.25) is 0 Å². The van der Waals surface area contributed by atoms with Gasteiger partial charge in [-0.05, 0) is 25.1 Å². The summed E-state index contributed by atoms with van der Waals surface area (Å²) >= 11 is 0. The van der Waals surface area contributed by atoms with Gasteiger partial charge in [0.25, 0.3) is 0 Å². The largest absolute Gasteiger partial charge is 0.497 e. The Morgan fingerprint density at radius 3 is 2.76 bits per heavy atom. The van der Waals surface area contributed by atoms with Crippen LogP contribution in [0.2, 0.25) is 0 Å². The van der Waals surface area contributed by atoms with Crippen molar-refractivity contribution in [1.82, 2.24) is 15.1 Å². The van der Waals surface area contributed by atoms with Crippen molar-refractivity contribution in [3.05, 3.63) is 47.5 Å². The highest BCUT2D eigenvalue weighted by molar-refractivity contribution is 5.31. The molecule has 1 N–H and O–H groups in total. The number of aromatic nitrogens is 2. The Kier molecular flexibility index (Phi) is 5.33. The summed E-state index contributed by atoms with van der Waals surface area (Å²) in [6.45, 7) is 2.93. The molecule has 4 nitrogen and oxygen atoms in total. The Bertz CT molecular complexity index is 583. The van der Waals surface area contributed by atoms with Gasteiger partial charge >= 0.3 is 0 Å². The lowest BCUT2D eigenvalue weighted by Gasteiger charge is -2.19. The fraction of sp³-hybridized carbons (Fsp3) is 0.438. The second-order valence-electron chi connectivity index (χ2n) is 5.08.